The Morgan fingerprint density at radius 1 is 0.625 bits per heavy atom. The molecule has 4 nitrogen and oxygen atoms in total. The van der Waals surface area contributed by atoms with Crippen LogP contribution in [0.4, 0.5) is 0 Å². The zero-order chi connectivity index (χ0) is 22.0. The van der Waals surface area contributed by atoms with Crippen LogP contribution in [0.15, 0.2) is 91.0 Å². The van der Waals surface area contributed by atoms with Gasteiger partial charge in [-0.1, -0.05) is 91.0 Å². The zero-order valence-electron chi connectivity index (χ0n) is 18.2. The first-order chi connectivity index (χ1) is 15.8. The van der Waals surface area contributed by atoms with Crippen LogP contribution >= 0.6 is 9.47 Å². The third kappa shape index (κ3) is 6.48. The van der Waals surface area contributed by atoms with Crippen LogP contribution in [0.25, 0.3) is 0 Å². The highest BCUT2D eigenvalue weighted by Gasteiger charge is 2.45. The predicted molar refractivity (Wildman–Crippen MR) is 129 cm³/mol. The van der Waals surface area contributed by atoms with Crippen LogP contribution in [-0.2, 0) is 38.6 Å². The Bertz CT molecular complexity index is 907. The Kier molecular flexibility index (Phi) is 8.84. The van der Waals surface area contributed by atoms with Crippen LogP contribution in [0.2, 0.25) is 0 Å². The van der Waals surface area contributed by atoms with Crippen molar-refractivity contribution in [3.8, 4) is 0 Å². The molecule has 0 radical (unpaired) electrons. The van der Waals surface area contributed by atoms with E-state index in [1.54, 1.807) is 0 Å². The molecule has 0 heterocycles. The fourth-order valence-electron chi connectivity index (χ4n) is 4.21. The van der Waals surface area contributed by atoms with Gasteiger partial charge in [-0.3, -0.25) is 0 Å². The van der Waals surface area contributed by atoms with Gasteiger partial charge in [-0.15, -0.1) is 0 Å². The molecule has 0 N–H and O–H groups in total. The lowest BCUT2D eigenvalue weighted by molar-refractivity contribution is -0.111. The van der Waals surface area contributed by atoms with Crippen molar-refractivity contribution in [2.45, 2.75) is 44.6 Å². The lowest BCUT2D eigenvalue weighted by atomic mass is 10.1. The third-order valence-electron chi connectivity index (χ3n) is 5.88. The molecule has 4 rings (SSSR count). The number of rotatable bonds is 11. The number of hydrogen-bond acceptors (Lipinski definition) is 4. The summed E-state index contributed by atoms with van der Waals surface area (Å²) in [6, 6.07) is 30.7. The molecule has 5 atom stereocenters. The van der Waals surface area contributed by atoms with Gasteiger partial charge < -0.3 is 18.7 Å². The second-order valence-corrected chi connectivity index (χ2v) is 8.47. The molecule has 0 bridgehead atoms. The van der Waals surface area contributed by atoms with E-state index in [0.717, 1.165) is 17.5 Å². The van der Waals surface area contributed by atoms with E-state index in [2.05, 4.69) is 45.9 Å². The Hall–Kier alpha value is -2.07. The molecule has 5 heteroatoms. The highest BCUT2D eigenvalue weighted by molar-refractivity contribution is 7.09. The first-order valence-corrected chi connectivity index (χ1v) is 11.6. The van der Waals surface area contributed by atoms with Crippen LogP contribution in [0.3, 0.4) is 0 Å². The maximum absolute atomic E-state index is 6.44. The van der Waals surface area contributed by atoms with Crippen molar-refractivity contribution < 1.29 is 18.7 Å². The topological polar surface area (TPSA) is 36.9 Å². The lowest BCUT2D eigenvalue weighted by Gasteiger charge is -2.27. The molecule has 1 aliphatic rings. The maximum atomic E-state index is 6.44. The van der Waals surface area contributed by atoms with E-state index in [1.807, 2.05) is 54.6 Å². The van der Waals surface area contributed by atoms with Gasteiger partial charge in [0.05, 0.1) is 38.6 Å². The summed E-state index contributed by atoms with van der Waals surface area (Å²) in [5.74, 6) is 0.189. The van der Waals surface area contributed by atoms with E-state index >= 15 is 0 Å². The summed E-state index contributed by atoms with van der Waals surface area (Å²) in [4.78, 5) is 0. The molecule has 0 spiro atoms. The van der Waals surface area contributed by atoms with Crippen molar-refractivity contribution in [3.05, 3.63) is 108 Å². The van der Waals surface area contributed by atoms with E-state index in [4.69, 9.17) is 18.7 Å². The first kappa shape index (κ1) is 23.1. The highest BCUT2D eigenvalue weighted by Crippen LogP contribution is 2.36. The summed E-state index contributed by atoms with van der Waals surface area (Å²) in [7, 11) is 2.41. The van der Waals surface area contributed by atoms with Gasteiger partial charge in [-0.05, 0) is 23.1 Å². The van der Waals surface area contributed by atoms with Gasteiger partial charge >= 0.3 is 0 Å². The van der Waals surface area contributed by atoms with Crippen molar-refractivity contribution >= 4 is 9.47 Å². The van der Waals surface area contributed by atoms with Crippen LogP contribution in [-0.4, -0.2) is 24.9 Å². The van der Waals surface area contributed by atoms with Gasteiger partial charge in [-0.2, -0.15) is 0 Å². The van der Waals surface area contributed by atoms with Gasteiger partial charge in [-0.25, -0.2) is 0 Å². The summed E-state index contributed by atoms with van der Waals surface area (Å²) in [5.41, 5.74) is 3.46. The van der Waals surface area contributed by atoms with Crippen LogP contribution in [0.5, 0.6) is 0 Å². The molecule has 32 heavy (non-hydrogen) atoms. The predicted octanol–water partition coefficient (Wildman–Crippen LogP) is 5.57. The fourth-order valence-corrected chi connectivity index (χ4v) is 4.48. The fraction of sp³-hybridized carbons (Fsp3) is 0.333. The molecule has 1 fully saturated rings. The van der Waals surface area contributed by atoms with Crippen molar-refractivity contribution in [1.82, 2.24) is 0 Å². The minimum absolute atomic E-state index is 0.0604. The van der Waals surface area contributed by atoms with Crippen LogP contribution < -0.4 is 0 Å². The standard InChI is InChI=1S/C27H31O4P/c32-31-25-16-24(20-28-17-21-10-4-1-5-11-21)26(29-18-22-12-6-2-7-13-22)27(25)30-19-23-14-8-3-9-15-23/h1-15,24-27H,16-20,32H2/t24-,25+,26?,27?/m1/s1. The molecule has 168 valence electrons. The van der Waals surface area contributed by atoms with Crippen molar-refractivity contribution in [1.29, 1.82) is 0 Å². The van der Waals surface area contributed by atoms with Gasteiger partial charge in [0.15, 0.2) is 0 Å². The Labute approximate surface area is 193 Å². The molecule has 3 aromatic carbocycles. The average molecular weight is 451 g/mol. The van der Waals surface area contributed by atoms with E-state index in [0.29, 0.717) is 26.4 Å². The molecule has 0 amide bonds. The van der Waals surface area contributed by atoms with E-state index in [9.17, 15) is 0 Å². The summed E-state index contributed by atoms with van der Waals surface area (Å²) in [6.07, 6.45) is 0.494. The smallest absolute Gasteiger partial charge is 0.111 e. The van der Waals surface area contributed by atoms with Crippen LogP contribution in [0, 0.1) is 5.92 Å². The molecule has 3 unspecified atom stereocenters. The molecule has 0 saturated heterocycles. The van der Waals surface area contributed by atoms with Gasteiger partial charge in [0.1, 0.15) is 6.10 Å². The molecular formula is C27H31O4P. The normalized spacial score (nSPS) is 22.8. The van der Waals surface area contributed by atoms with Gasteiger partial charge in [0.25, 0.3) is 0 Å². The van der Waals surface area contributed by atoms with Crippen molar-refractivity contribution in [3.63, 3.8) is 0 Å². The monoisotopic (exact) mass is 450 g/mol. The summed E-state index contributed by atoms with van der Waals surface area (Å²) >= 11 is 0. The summed E-state index contributed by atoms with van der Waals surface area (Å²) in [5, 5.41) is 0. The number of benzene rings is 3. The zero-order valence-corrected chi connectivity index (χ0v) is 19.4. The molecule has 1 aliphatic carbocycles. The minimum Gasteiger partial charge on any atom is -0.376 e. The summed E-state index contributed by atoms with van der Waals surface area (Å²) in [6.45, 7) is 2.25. The maximum Gasteiger partial charge on any atom is 0.111 e. The Balaban J connectivity index is 1.42. The minimum atomic E-state index is -0.165. The molecule has 3 aromatic rings. The van der Waals surface area contributed by atoms with E-state index in [-0.39, 0.29) is 24.2 Å². The Morgan fingerprint density at radius 3 is 1.59 bits per heavy atom. The van der Waals surface area contributed by atoms with Gasteiger partial charge in [0.2, 0.25) is 0 Å². The second-order valence-electron chi connectivity index (χ2n) is 8.19. The largest absolute Gasteiger partial charge is 0.376 e. The third-order valence-corrected chi connectivity index (χ3v) is 6.23. The van der Waals surface area contributed by atoms with Crippen LogP contribution in [0.1, 0.15) is 23.1 Å². The lowest BCUT2D eigenvalue weighted by Crippen LogP contribution is -2.37. The average Bonchev–Trinajstić information content (AvgIpc) is 3.19. The highest BCUT2D eigenvalue weighted by atomic mass is 31.0. The SMILES string of the molecule is PO[C@H]1C[C@H](COCc2ccccc2)C(OCc2ccccc2)C1OCc1ccccc1. The number of hydrogen-bond donors (Lipinski definition) is 0. The molecule has 0 aliphatic heterocycles. The molecular weight excluding hydrogens is 419 g/mol. The van der Waals surface area contributed by atoms with E-state index < -0.39 is 0 Å². The quantitative estimate of drug-likeness (QED) is 0.358. The van der Waals surface area contributed by atoms with Crippen molar-refractivity contribution in [2.24, 2.45) is 5.92 Å². The molecule has 0 aromatic heterocycles. The van der Waals surface area contributed by atoms with Crippen molar-refractivity contribution in [2.75, 3.05) is 6.61 Å². The summed E-state index contributed by atoms with van der Waals surface area (Å²) < 4.78 is 24.7. The second kappa shape index (κ2) is 12.2. The van der Waals surface area contributed by atoms with Gasteiger partial charge in [0, 0.05) is 15.4 Å². The first-order valence-electron chi connectivity index (χ1n) is 11.1. The van der Waals surface area contributed by atoms with E-state index in [1.165, 1.54) is 5.56 Å². The Morgan fingerprint density at radius 2 is 1.09 bits per heavy atom. The molecule has 1 saturated carbocycles. The number of ether oxygens (including phenoxy) is 3.